The molecule has 6 heteroatoms. The second-order valence-corrected chi connectivity index (χ2v) is 8.14. The minimum absolute atomic E-state index is 0.0702. The lowest BCUT2D eigenvalue weighted by Crippen LogP contribution is -2.42. The van der Waals surface area contributed by atoms with Gasteiger partial charge in [0.25, 0.3) is 0 Å². The number of aromatic nitrogens is 2. The van der Waals surface area contributed by atoms with Crippen molar-refractivity contribution in [2.45, 2.75) is 32.4 Å². The molecule has 0 spiro atoms. The number of guanidine groups is 1. The lowest BCUT2D eigenvalue weighted by molar-refractivity contribution is 0.518. The average Bonchev–Trinajstić information content (AvgIpc) is 3.37. The summed E-state index contributed by atoms with van der Waals surface area (Å²) in [5.41, 5.74) is 2.56. The van der Waals surface area contributed by atoms with E-state index in [1.165, 1.54) is 16.0 Å². The topological polar surface area (TPSA) is 54.2 Å². The minimum atomic E-state index is 0.0702. The number of nitrogens with zero attached hydrogens (tertiary/aromatic N) is 3. The Morgan fingerprint density at radius 2 is 1.93 bits per heavy atom. The van der Waals surface area contributed by atoms with Crippen molar-refractivity contribution in [3.8, 4) is 0 Å². The van der Waals surface area contributed by atoms with Crippen LogP contribution in [0.2, 0.25) is 0 Å². The molecule has 2 heterocycles. The smallest absolute Gasteiger partial charge is 0.191 e. The second-order valence-electron chi connectivity index (χ2n) is 7.19. The Balaban J connectivity index is 1.49. The molecule has 5 nitrogen and oxygen atoms in total. The van der Waals surface area contributed by atoms with Gasteiger partial charge in [0.1, 0.15) is 0 Å². The summed E-state index contributed by atoms with van der Waals surface area (Å²) in [5.74, 6) is 0.821. The summed E-state index contributed by atoms with van der Waals surface area (Å²) in [6.07, 6.45) is 5.61. The molecule has 2 aromatic heterocycles. The number of thiophene rings is 1. The first-order chi connectivity index (χ1) is 13.1. The lowest BCUT2D eigenvalue weighted by Gasteiger charge is -2.25. The summed E-state index contributed by atoms with van der Waals surface area (Å²) in [7, 11) is 1.81. The van der Waals surface area contributed by atoms with E-state index >= 15 is 0 Å². The molecule has 0 aliphatic rings. The van der Waals surface area contributed by atoms with Gasteiger partial charge in [-0.2, -0.15) is 0 Å². The van der Waals surface area contributed by atoms with Gasteiger partial charge >= 0.3 is 0 Å². The quantitative estimate of drug-likeness (QED) is 0.485. The maximum atomic E-state index is 4.34. The van der Waals surface area contributed by atoms with Gasteiger partial charge in [-0.3, -0.25) is 4.99 Å². The third-order valence-electron chi connectivity index (χ3n) is 4.52. The summed E-state index contributed by atoms with van der Waals surface area (Å²) in [6, 6.07) is 12.9. The van der Waals surface area contributed by atoms with Gasteiger partial charge in [0.2, 0.25) is 0 Å². The van der Waals surface area contributed by atoms with Gasteiger partial charge in [0.15, 0.2) is 5.96 Å². The van der Waals surface area contributed by atoms with Crippen LogP contribution in [0, 0.1) is 0 Å². The monoisotopic (exact) mass is 381 g/mol. The van der Waals surface area contributed by atoms with Crippen LogP contribution in [0.3, 0.4) is 0 Å². The summed E-state index contributed by atoms with van der Waals surface area (Å²) in [6.45, 7) is 6.91. The number of imidazole rings is 1. The van der Waals surface area contributed by atoms with Gasteiger partial charge in [0, 0.05) is 49.4 Å². The van der Waals surface area contributed by atoms with Crippen molar-refractivity contribution in [1.29, 1.82) is 0 Å². The van der Waals surface area contributed by atoms with E-state index in [2.05, 4.69) is 80.8 Å². The van der Waals surface area contributed by atoms with Crippen LogP contribution in [0.4, 0.5) is 0 Å². The Bertz CT molecular complexity index is 833. The molecular formula is C21H27N5S. The molecule has 0 aliphatic heterocycles. The maximum absolute atomic E-state index is 4.34. The zero-order valence-electron chi connectivity index (χ0n) is 16.1. The summed E-state index contributed by atoms with van der Waals surface area (Å²) in [5, 5.41) is 8.97. The number of hydrogen-bond acceptors (Lipinski definition) is 3. The van der Waals surface area contributed by atoms with Gasteiger partial charge in [-0.15, -0.1) is 11.3 Å². The maximum Gasteiger partial charge on any atom is 0.191 e. The number of nitrogens with one attached hydrogen (secondary N) is 2. The van der Waals surface area contributed by atoms with Crippen molar-refractivity contribution in [3.63, 3.8) is 0 Å². The van der Waals surface area contributed by atoms with Crippen LogP contribution in [0.5, 0.6) is 0 Å². The fraction of sp³-hybridized carbons (Fsp3) is 0.333. The molecule has 0 amide bonds. The first-order valence-corrected chi connectivity index (χ1v) is 9.97. The Morgan fingerprint density at radius 1 is 1.15 bits per heavy atom. The van der Waals surface area contributed by atoms with Crippen molar-refractivity contribution in [1.82, 2.24) is 20.2 Å². The van der Waals surface area contributed by atoms with E-state index < -0.39 is 0 Å². The molecule has 0 bridgehead atoms. The van der Waals surface area contributed by atoms with E-state index in [-0.39, 0.29) is 5.41 Å². The summed E-state index contributed by atoms with van der Waals surface area (Å²) < 4.78 is 2.06. The lowest BCUT2D eigenvalue weighted by atomic mass is 9.91. The highest BCUT2D eigenvalue weighted by Crippen LogP contribution is 2.26. The number of rotatable bonds is 7. The highest BCUT2D eigenvalue weighted by atomic mass is 32.1. The normalized spacial score (nSPS) is 12.2. The van der Waals surface area contributed by atoms with Crippen molar-refractivity contribution in [2.24, 2.45) is 4.99 Å². The molecule has 0 unspecified atom stereocenters. The second kappa shape index (κ2) is 8.86. The Hall–Kier alpha value is -2.60. The van der Waals surface area contributed by atoms with Gasteiger partial charge in [-0.1, -0.05) is 44.2 Å². The van der Waals surface area contributed by atoms with Crippen molar-refractivity contribution in [3.05, 3.63) is 76.5 Å². The van der Waals surface area contributed by atoms with Crippen LogP contribution in [-0.2, 0) is 18.5 Å². The van der Waals surface area contributed by atoms with Crippen molar-refractivity contribution < 1.29 is 0 Å². The summed E-state index contributed by atoms with van der Waals surface area (Å²) >= 11 is 1.80. The Kier molecular flexibility index (Phi) is 6.29. The predicted octanol–water partition coefficient (Wildman–Crippen LogP) is 3.64. The first kappa shape index (κ1) is 19.2. The molecule has 0 saturated heterocycles. The van der Waals surface area contributed by atoms with Crippen LogP contribution in [0.15, 0.2) is 65.5 Å². The molecule has 3 rings (SSSR count). The molecule has 0 saturated carbocycles. The van der Waals surface area contributed by atoms with Crippen LogP contribution < -0.4 is 10.6 Å². The molecule has 0 aliphatic carbocycles. The molecule has 2 N–H and O–H groups in total. The zero-order valence-corrected chi connectivity index (χ0v) is 17.0. The van der Waals surface area contributed by atoms with Crippen LogP contribution in [0.1, 0.15) is 29.9 Å². The molecular weight excluding hydrogens is 354 g/mol. The molecule has 0 radical (unpaired) electrons. The first-order valence-electron chi connectivity index (χ1n) is 9.09. The fourth-order valence-electron chi connectivity index (χ4n) is 2.82. The van der Waals surface area contributed by atoms with E-state index in [9.17, 15) is 0 Å². The molecule has 142 valence electrons. The van der Waals surface area contributed by atoms with Gasteiger partial charge < -0.3 is 15.2 Å². The van der Waals surface area contributed by atoms with Crippen molar-refractivity contribution >= 4 is 17.3 Å². The molecule has 1 aromatic carbocycles. The van der Waals surface area contributed by atoms with Crippen LogP contribution >= 0.6 is 11.3 Å². The predicted molar refractivity (Wildman–Crippen MR) is 113 cm³/mol. The largest absolute Gasteiger partial charge is 0.356 e. The van der Waals surface area contributed by atoms with Crippen molar-refractivity contribution in [2.75, 3.05) is 13.6 Å². The van der Waals surface area contributed by atoms with Crippen LogP contribution in [-0.4, -0.2) is 29.1 Å². The highest BCUT2D eigenvalue weighted by Gasteiger charge is 2.21. The molecule has 3 aromatic rings. The van der Waals surface area contributed by atoms with Gasteiger partial charge in [0.05, 0.1) is 6.33 Å². The Morgan fingerprint density at radius 3 is 2.56 bits per heavy atom. The average molecular weight is 382 g/mol. The molecule has 0 fully saturated rings. The molecule has 0 atom stereocenters. The van der Waals surface area contributed by atoms with E-state index in [1.54, 1.807) is 17.5 Å². The number of benzene rings is 1. The zero-order chi connectivity index (χ0) is 19.1. The number of aliphatic imine (C=N–C) groups is 1. The van der Waals surface area contributed by atoms with E-state index in [4.69, 9.17) is 0 Å². The summed E-state index contributed by atoms with van der Waals surface area (Å²) in [4.78, 5) is 9.79. The third-order valence-corrected chi connectivity index (χ3v) is 5.75. The Labute approximate surface area is 165 Å². The number of hydrogen-bond donors (Lipinski definition) is 2. The van der Waals surface area contributed by atoms with E-state index in [0.717, 1.165) is 25.6 Å². The van der Waals surface area contributed by atoms with E-state index in [0.29, 0.717) is 0 Å². The van der Waals surface area contributed by atoms with Gasteiger partial charge in [-0.05, 0) is 22.6 Å². The third kappa shape index (κ3) is 5.44. The van der Waals surface area contributed by atoms with Gasteiger partial charge in [-0.25, -0.2) is 4.98 Å². The van der Waals surface area contributed by atoms with E-state index in [1.807, 2.05) is 19.6 Å². The standard InChI is InChI=1S/C21H27N5S/c1-21(2,19-5-4-12-27-19)15-25-20(22-3)24-13-17-6-8-18(9-7-17)14-26-11-10-23-16-26/h4-12,16H,13-15H2,1-3H3,(H2,22,24,25). The highest BCUT2D eigenvalue weighted by molar-refractivity contribution is 7.10. The fourth-order valence-corrected chi connectivity index (χ4v) is 3.67. The minimum Gasteiger partial charge on any atom is -0.356 e. The SMILES string of the molecule is CN=C(NCc1ccc(Cn2ccnc2)cc1)NCC(C)(C)c1cccs1. The molecule has 27 heavy (non-hydrogen) atoms. The van der Waals surface area contributed by atoms with Crippen LogP contribution in [0.25, 0.3) is 0 Å².